The van der Waals surface area contributed by atoms with Crippen molar-refractivity contribution in [2.24, 2.45) is 0 Å². The van der Waals surface area contributed by atoms with Crippen LogP contribution in [-0.4, -0.2) is 0 Å². The number of rotatable bonds is 5. The van der Waals surface area contributed by atoms with Crippen molar-refractivity contribution < 1.29 is 0 Å². The van der Waals surface area contributed by atoms with E-state index >= 15 is 0 Å². The van der Waals surface area contributed by atoms with Crippen LogP contribution >= 0.6 is 22.7 Å². The fourth-order valence-corrected chi connectivity index (χ4v) is 3.74. The van der Waals surface area contributed by atoms with Crippen molar-refractivity contribution in [2.75, 3.05) is 0 Å². The summed E-state index contributed by atoms with van der Waals surface area (Å²) >= 11 is 3.54. The first-order valence-corrected chi connectivity index (χ1v) is 8.37. The molecule has 0 aliphatic rings. The summed E-state index contributed by atoms with van der Waals surface area (Å²) in [4.78, 5) is 1.28. The second kappa shape index (κ2) is 5.78. The molecule has 100 valence electrons. The molecule has 0 bridgehead atoms. The van der Waals surface area contributed by atoms with E-state index in [1.165, 1.54) is 31.7 Å². The van der Waals surface area contributed by atoms with Crippen molar-refractivity contribution in [1.29, 1.82) is 0 Å². The second-order valence-electron chi connectivity index (χ2n) is 4.86. The van der Waals surface area contributed by atoms with Gasteiger partial charge in [-0.1, -0.05) is 25.3 Å². The summed E-state index contributed by atoms with van der Waals surface area (Å²) in [5.41, 5.74) is 3.64. The van der Waals surface area contributed by atoms with Gasteiger partial charge < -0.3 is 0 Å². The monoisotopic (exact) mass is 296 g/mol. The van der Waals surface area contributed by atoms with Crippen molar-refractivity contribution in [2.45, 2.75) is 12.8 Å². The Morgan fingerprint density at radius 3 is 2.55 bits per heavy atom. The van der Waals surface area contributed by atoms with Gasteiger partial charge in [-0.25, -0.2) is 0 Å². The fourth-order valence-electron chi connectivity index (χ4n) is 2.24. The van der Waals surface area contributed by atoms with E-state index in [1.54, 1.807) is 22.7 Å². The van der Waals surface area contributed by atoms with Gasteiger partial charge in [0.05, 0.1) is 0 Å². The number of hydrogen-bond donors (Lipinski definition) is 0. The van der Waals surface area contributed by atoms with Gasteiger partial charge >= 0.3 is 0 Å². The Hall–Kier alpha value is -1.64. The van der Waals surface area contributed by atoms with Gasteiger partial charge in [-0.15, -0.1) is 22.7 Å². The van der Waals surface area contributed by atoms with Crippen LogP contribution in [0.1, 0.15) is 23.3 Å². The highest BCUT2D eigenvalue weighted by atomic mass is 32.1. The number of thiophene rings is 2. The van der Waals surface area contributed by atoms with Gasteiger partial charge in [0.15, 0.2) is 0 Å². The molecule has 20 heavy (non-hydrogen) atoms. The molecule has 0 saturated heterocycles. The Bertz CT molecular complexity index is 745. The summed E-state index contributed by atoms with van der Waals surface area (Å²) in [6.45, 7) is 8.41. The zero-order valence-electron chi connectivity index (χ0n) is 11.3. The fraction of sp³-hybridized carbons (Fsp3) is 0.111. The Morgan fingerprint density at radius 2 is 1.75 bits per heavy atom. The molecule has 3 rings (SSSR count). The summed E-state index contributed by atoms with van der Waals surface area (Å²) in [5.74, 6) is 0. The van der Waals surface area contributed by atoms with Gasteiger partial charge in [0, 0.05) is 9.58 Å². The molecule has 2 heteroatoms. The second-order valence-corrected chi connectivity index (χ2v) is 6.75. The smallest absolute Gasteiger partial charge is 0.0343 e. The molecule has 0 saturated carbocycles. The van der Waals surface area contributed by atoms with Gasteiger partial charge in [0.2, 0.25) is 0 Å². The van der Waals surface area contributed by atoms with Crippen molar-refractivity contribution in [1.82, 2.24) is 0 Å². The van der Waals surface area contributed by atoms with E-state index < -0.39 is 0 Å². The van der Waals surface area contributed by atoms with E-state index in [1.807, 2.05) is 0 Å². The zero-order chi connectivity index (χ0) is 13.9. The number of hydrogen-bond acceptors (Lipinski definition) is 2. The Labute approximate surface area is 127 Å². The van der Waals surface area contributed by atoms with Crippen LogP contribution < -0.4 is 0 Å². The summed E-state index contributed by atoms with van der Waals surface area (Å²) in [5, 5.41) is 5.54. The van der Waals surface area contributed by atoms with Gasteiger partial charge in [0.1, 0.15) is 0 Å². The third kappa shape index (κ3) is 2.77. The van der Waals surface area contributed by atoms with Crippen LogP contribution in [0.15, 0.2) is 60.3 Å². The van der Waals surface area contributed by atoms with Crippen LogP contribution in [0.3, 0.4) is 0 Å². The predicted molar refractivity (Wildman–Crippen MR) is 93.4 cm³/mol. The normalized spacial score (nSPS) is 10.8. The first-order chi connectivity index (χ1) is 9.74. The van der Waals surface area contributed by atoms with Crippen molar-refractivity contribution >= 4 is 43.9 Å². The van der Waals surface area contributed by atoms with Crippen molar-refractivity contribution in [3.8, 4) is 0 Å². The highest BCUT2D eigenvalue weighted by Gasteiger charge is 2.05. The minimum absolute atomic E-state index is 0.965. The van der Waals surface area contributed by atoms with Crippen molar-refractivity contribution in [3.63, 3.8) is 0 Å². The Kier molecular flexibility index (Phi) is 3.86. The van der Waals surface area contributed by atoms with Crippen LogP contribution in [0.4, 0.5) is 0 Å². The lowest BCUT2D eigenvalue weighted by molar-refractivity contribution is 1.10. The van der Waals surface area contributed by atoms with E-state index in [2.05, 4.69) is 60.3 Å². The number of fused-ring (bicyclic) bond motifs is 1. The van der Waals surface area contributed by atoms with E-state index in [9.17, 15) is 0 Å². The lowest BCUT2D eigenvalue weighted by Crippen LogP contribution is -1.85. The molecular formula is C18H16S2. The average molecular weight is 296 g/mol. The maximum atomic E-state index is 4.24. The molecule has 0 fully saturated rings. The molecule has 0 atom stereocenters. The topological polar surface area (TPSA) is 0 Å². The van der Waals surface area contributed by atoms with E-state index in [0.29, 0.717) is 0 Å². The van der Waals surface area contributed by atoms with Crippen molar-refractivity contribution in [3.05, 3.63) is 70.8 Å². The maximum Gasteiger partial charge on any atom is 0.0343 e. The first kappa shape index (κ1) is 13.3. The lowest BCUT2D eigenvalue weighted by Gasteiger charge is -2.07. The molecule has 0 N–H and O–H groups in total. The van der Waals surface area contributed by atoms with Gasteiger partial charge in [-0.2, -0.15) is 0 Å². The third-order valence-corrected chi connectivity index (χ3v) is 5.33. The lowest BCUT2D eigenvalue weighted by atomic mass is 9.99. The average Bonchev–Trinajstić information content (AvgIpc) is 3.13. The predicted octanol–water partition coefficient (Wildman–Crippen LogP) is 6.47. The summed E-state index contributed by atoms with van der Waals surface area (Å²) in [6.07, 6.45) is 1.94. The van der Waals surface area contributed by atoms with Crippen LogP contribution in [-0.2, 0) is 0 Å². The molecule has 2 heterocycles. The summed E-state index contributed by atoms with van der Waals surface area (Å²) < 4.78 is 1.34. The quantitative estimate of drug-likeness (QED) is 0.506. The number of benzene rings is 1. The summed E-state index contributed by atoms with van der Waals surface area (Å²) in [6, 6.07) is 13.0. The molecule has 3 aromatic rings. The molecule has 0 spiro atoms. The molecule has 0 unspecified atom stereocenters. The molecule has 1 aromatic carbocycles. The number of allylic oxidation sites excluding steroid dienone is 2. The first-order valence-electron chi connectivity index (χ1n) is 6.61. The zero-order valence-corrected chi connectivity index (χ0v) is 12.9. The Balaban J connectivity index is 1.68. The van der Waals surface area contributed by atoms with Gasteiger partial charge in [-0.3, -0.25) is 0 Å². The molecule has 0 amide bonds. The molecule has 0 nitrogen and oxygen atoms in total. The summed E-state index contributed by atoms with van der Waals surface area (Å²) in [7, 11) is 0. The van der Waals surface area contributed by atoms with E-state index in [4.69, 9.17) is 0 Å². The molecule has 0 radical (unpaired) electrons. The van der Waals surface area contributed by atoms with Crippen LogP contribution in [0.25, 0.3) is 21.2 Å². The minimum Gasteiger partial charge on any atom is -0.144 e. The van der Waals surface area contributed by atoms with Crippen LogP contribution in [0.5, 0.6) is 0 Å². The van der Waals surface area contributed by atoms with Crippen LogP contribution in [0.2, 0.25) is 0 Å². The maximum absolute atomic E-state index is 4.24. The van der Waals surface area contributed by atoms with E-state index in [0.717, 1.165) is 12.8 Å². The van der Waals surface area contributed by atoms with Gasteiger partial charge in [0.25, 0.3) is 0 Å². The Morgan fingerprint density at radius 1 is 0.900 bits per heavy atom. The van der Waals surface area contributed by atoms with Crippen LogP contribution in [0, 0.1) is 0 Å². The third-order valence-electron chi connectivity index (χ3n) is 3.46. The highest BCUT2D eigenvalue weighted by molar-refractivity contribution is 7.17. The molecule has 2 aromatic heterocycles. The highest BCUT2D eigenvalue weighted by Crippen LogP contribution is 2.29. The minimum atomic E-state index is 0.965. The largest absolute Gasteiger partial charge is 0.144 e. The van der Waals surface area contributed by atoms with E-state index in [-0.39, 0.29) is 0 Å². The molecule has 0 aliphatic heterocycles. The molecular weight excluding hydrogens is 280 g/mol. The standard InChI is InChI=1S/C18H16S2/c1-13(5-6-14(2)17-4-3-10-19-17)15-7-8-18-16(12-15)9-11-20-18/h3-4,7-12H,1-2,5-6H2. The molecule has 0 aliphatic carbocycles. The van der Waals surface area contributed by atoms with Gasteiger partial charge in [-0.05, 0) is 70.0 Å². The SMILES string of the molecule is C=C(CCC(=C)c1cccs1)c1ccc2sccc2c1.